The van der Waals surface area contributed by atoms with E-state index in [9.17, 15) is 4.79 Å². The molecule has 1 aromatic carbocycles. The van der Waals surface area contributed by atoms with Crippen LogP contribution in [0.25, 0.3) is 10.6 Å². The second-order valence-electron chi connectivity index (χ2n) is 6.70. The maximum absolute atomic E-state index is 12.4. The molecule has 0 aliphatic carbocycles. The molecule has 1 aliphatic heterocycles. The summed E-state index contributed by atoms with van der Waals surface area (Å²) in [5.41, 5.74) is 1.59. The summed E-state index contributed by atoms with van der Waals surface area (Å²) in [6.07, 6.45) is 3.49. The summed E-state index contributed by atoms with van der Waals surface area (Å²) in [5, 5.41) is 3.87. The first-order valence-corrected chi connectivity index (χ1v) is 9.42. The van der Waals surface area contributed by atoms with Crippen LogP contribution in [0.15, 0.2) is 24.3 Å². The second kappa shape index (κ2) is 7.93. The van der Waals surface area contributed by atoms with Gasteiger partial charge in [0, 0.05) is 37.8 Å². The summed E-state index contributed by atoms with van der Waals surface area (Å²) in [4.78, 5) is 21.2. The van der Waals surface area contributed by atoms with Crippen molar-refractivity contribution in [2.75, 3.05) is 39.1 Å². The Balaban J connectivity index is 1.61. The van der Waals surface area contributed by atoms with E-state index >= 15 is 0 Å². The number of amides is 1. The van der Waals surface area contributed by atoms with Crippen LogP contribution < -0.4 is 10.2 Å². The Morgan fingerprint density at radius 3 is 2.96 bits per heavy atom. The molecular weight excluding hydrogens is 334 g/mol. The van der Waals surface area contributed by atoms with Crippen molar-refractivity contribution in [3.05, 3.63) is 29.8 Å². The van der Waals surface area contributed by atoms with Gasteiger partial charge >= 0.3 is 0 Å². The van der Waals surface area contributed by atoms with Gasteiger partial charge in [0.15, 0.2) is 0 Å². The fourth-order valence-electron chi connectivity index (χ4n) is 3.11. The Kier molecular flexibility index (Phi) is 5.65. The first-order valence-electron chi connectivity index (χ1n) is 8.64. The first-order chi connectivity index (χ1) is 12.0. The summed E-state index contributed by atoms with van der Waals surface area (Å²) in [6.45, 7) is 1.87. The van der Waals surface area contributed by atoms with Gasteiger partial charge in [-0.1, -0.05) is 12.1 Å². The minimum atomic E-state index is -0.0279. The van der Waals surface area contributed by atoms with Crippen LogP contribution in [-0.2, 0) is 0 Å². The summed E-state index contributed by atoms with van der Waals surface area (Å²) in [6, 6.07) is 8.18. The van der Waals surface area contributed by atoms with Gasteiger partial charge in [0.1, 0.15) is 5.01 Å². The number of anilines is 1. The number of benzene rings is 1. The van der Waals surface area contributed by atoms with Gasteiger partial charge in [-0.2, -0.15) is 9.36 Å². The van der Waals surface area contributed by atoms with Crippen LogP contribution in [0.1, 0.15) is 29.6 Å². The van der Waals surface area contributed by atoms with E-state index in [0.717, 1.165) is 23.5 Å². The van der Waals surface area contributed by atoms with Gasteiger partial charge in [0.25, 0.3) is 5.91 Å². The fraction of sp³-hybridized carbons (Fsp3) is 0.500. The quantitative estimate of drug-likeness (QED) is 0.859. The molecule has 0 saturated carbocycles. The van der Waals surface area contributed by atoms with E-state index in [1.165, 1.54) is 24.4 Å². The molecule has 2 aromatic rings. The molecule has 1 amide bonds. The van der Waals surface area contributed by atoms with Crippen LogP contribution >= 0.6 is 11.5 Å². The van der Waals surface area contributed by atoms with Gasteiger partial charge in [-0.25, -0.2) is 0 Å². The van der Waals surface area contributed by atoms with Crippen molar-refractivity contribution in [2.45, 2.75) is 25.3 Å². The minimum Gasteiger partial charge on any atom is -0.352 e. The van der Waals surface area contributed by atoms with Crippen molar-refractivity contribution in [3.8, 4) is 10.6 Å². The maximum atomic E-state index is 12.4. The lowest BCUT2D eigenvalue weighted by Gasteiger charge is -2.19. The number of nitrogens with zero attached hydrogens (tertiary/aromatic N) is 4. The van der Waals surface area contributed by atoms with Crippen molar-refractivity contribution in [1.82, 2.24) is 19.6 Å². The molecule has 25 heavy (non-hydrogen) atoms. The Bertz CT molecular complexity index is 730. The van der Waals surface area contributed by atoms with Gasteiger partial charge in [-0.15, -0.1) is 0 Å². The molecule has 1 saturated heterocycles. The Morgan fingerprint density at radius 2 is 2.28 bits per heavy atom. The number of hydrogen-bond donors (Lipinski definition) is 1. The van der Waals surface area contributed by atoms with Crippen LogP contribution in [0.5, 0.6) is 0 Å². The monoisotopic (exact) mass is 359 g/mol. The molecule has 0 bridgehead atoms. The SMILES string of the molecule is CN(C)c1nsc(-c2cccc(C(=O)NCCC3CCCN3C)c2)n1. The number of nitrogens with one attached hydrogen (secondary N) is 1. The zero-order valence-corrected chi connectivity index (χ0v) is 15.8. The van der Waals surface area contributed by atoms with Crippen molar-refractivity contribution in [1.29, 1.82) is 0 Å². The third-order valence-corrected chi connectivity index (χ3v) is 5.38. The van der Waals surface area contributed by atoms with E-state index < -0.39 is 0 Å². The van der Waals surface area contributed by atoms with Crippen LogP contribution in [-0.4, -0.2) is 60.4 Å². The predicted molar refractivity (Wildman–Crippen MR) is 102 cm³/mol. The van der Waals surface area contributed by atoms with Gasteiger partial charge in [0.05, 0.1) is 0 Å². The molecule has 0 spiro atoms. The Morgan fingerprint density at radius 1 is 1.44 bits per heavy atom. The van der Waals surface area contributed by atoms with Crippen LogP contribution in [0.3, 0.4) is 0 Å². The van der Waals surface area contributed by atoms with Crippen LogP contribution in [0.2, 0.25) is 0 Å². The van der Waals surface area contributed by atoms with E-state index in [-0.39, 0.29) is 5.91 Å². The molecule has 3 rings (SSSR count). The van der Waals surface area contributed by atoms with E-state index in [1.54, 1.807) is 0 Å². The minimum absolute atomic E-state index is 0.0279. The summed E-state index contributed by atoms with van der Waals surface area (Å²) in [5.74, 6) is 0.662. The number of aromatic nitrogens is 2. The lowest BCUT2D eigenvalue weighted by molar-refractivity contribution is 0.0950. The summed E-state index contributed by atoms with van der Waals surface area (Å²) in [7, 11) is 5.99. The molecule has 1 atom stereocenters. The number of rotatable bonds is 6. The smallest absolute Gasteiger partial charge is 0.251 e. The van der Waals surface area contributed by atoms with E-state index in [2.05, 4.69) is 26.6 Å². The largest absolute Gasteiger partial charge is 0.352 e. The zero-order chi connectivity index (χ0) is 17.8. The average molecular weight is 359 g/mol. The third-order valence-electron chi connectivity index (χ3n) is 4.62. The number of carbonyl (C=O) groups is 1. The highest BCUT2D eigenvalue weighted by atomic mass is 32.1. The Hall–Kier alpha value is -1.99. The number of hydrogen-bond acceptors (Lipinski definition) is 6. The van der Waals surface area contributed by atoms with Gasteiger partial charge in [0.2, 0.25) is 5.95 Å². The molecule has 134 valence electrons. The predicted octanol–water partition coefficient (Wildman–Crippen LogP) is 2.49. The van der Waals surface area contributed by atoms with Crippen LogP contribution in [0, 0.1) is 0 Å². The molecule has 1 N–H and O–H groups in total. The second-order valence-corrected chi connectivity index (χ2v) is 7.45. The molecule has 7 heteroatoms. The van der Waals surface area contributed by atoms with Gasteiger partial charge < -0.3 is 15.1 Å². The van der Waals surface area contributed by atoms with Crippen LogP contribution in [0.4, 0.5) is 5.95 Å². The van der Waals surface area contributed by atoms with Crippen molar-refractivity contribution < 1.29 is 4.79 Å². The molecule has 0 radical (unpaired) electrons. The standard InChI is InChI=1S/C18H25N5OS/c1-22(2)18-20-17(25-21-18)14-7-4-6-13(12-14)16(24)19-10-9-15-8-5-11-23(15)3/h4,6-7,12,15H,5,8-11H2,1-3H3,(H,19,24). The van der Waals surface area contributed by atoms with Crippen molar-refractivity contribution >= 4 is 23.4 Å². The zero-order valence-electron chi connectivity index (χ0n) is 15.0. The van der Waals surface area contributed by atoms with Gasteiger partial charge in [-0.3, -0.25) is 4.79 Å². The highest BCUT2D eigenvalue weighted by Crippen LogP contribution is 2.24. The average Bonchev–Trinajstić information content (AvgIpc) is 3.25. The number of carbonyl (C=O) groups excluding carboxylic acids is 1. The molecule has 6 nitrogen and oxygen atoms in total. The highest BCUT2D eigenvalue weighted by Gasteiger charge is 2.20. The molecule has 1 aliphatic rings. The van der Waals surface area contributed by atoms with E-state index in [0.29, 0.717) is 24.1 Å². The molecule has 1 unspecified atom stereocenters. The molecule has 1 aromatic heterocycles. The lowest BCUT2D eigenvalue weighted by Crippen LogP contribution is -2.31. The van der Waals surface area contributed by atoms with E-state index in [4.69, 9.17) is 0 Å². The summed E-state index contributed by atoms with van der Waals surface area (Å²) < 4.78 is 4.32. The molecule has 2 heterocycles. The number of likely N-dealkylation sites (tertiary alicyclic amines) is 1. The van der Waals surface area contributed by atoms with E-state index in [1.807, 2.05) is 43.3 Å². The van der Waals surface area contributed by atoms with Crippen molar-refractivity contribution in [3.63, 3.8) is 0 Å². The first kappa shape index (κ1) is 17.8. The topological polar surface area (TPSA) is 61.4 Å². The lowest BCUT2D eigenvalue weighted by atomic mass is 10.1. The molecule has 1 fully saturated rings. The van der Waals surface area contributed by atoms with Crippen molar-refractivity contribution in [2.24, 2.45) is 0 Å². The fourth-order valence-corrected chi connectivity index (χ4v) is 3.83. The normalized spacial score (nSPS) is 17.6. The highest BCUT2D eigenvalue weighted by molar-refractivity contribution is 7.09. The maximum Gasteiger partial charge on any atom is 0.251 e. The Labute approximate surface area is 153 Å². The summed E-state index contributed by atoms with van der Waals surface area (Å²) >= 11 is 1.35. The molecular formula is C18H25N5OS. The van der Waals surface area contributed by atoms with Gasteiger partial charge in [-0.05, 0) is 56.5 Å². The third kappa shape index (κ3) is 4.35.